The topological polar surface area (TPSA) is 104 Å². The van der Waals surface area contributed by atoms with Crippen LogP contribution in [0.15, 0.2) is 91.1 Å². The minimum Gasteiger partial charge on any atom is -0.439 e. The fraction of sp³-hybridized carbons (Fsp3) is 0.226. The molecule has 1 fully saturated rings. The number of carbonyl (C=O) groups excluding carboxylic acids is 1. The van der Waals surface area contributed by atoms with Crippen LogP contribution in [0.25, 0.3) is 0 Å². The van der Waals surface area contributed by atoms with Gasteiger partial charge in [0.05, 0.1) is 6.26 Å². The van der Waals surface area contributed by atoms with E-state index in [9.17, 15) is 22.0 Å². The average molecular weight is 608 g/mol. The monoisotopic (exact) mass is 607 g/mol. The first kappa shape index (κ1) is 29.9. The summed E-state index contributed by atoms with van der Waals surface area (Å²) in [7, 11) is -3.35. The van der Waals surface area contributed by atoms with E-state index in [4.69, 9.17) is 4.74 Å². The van der Waals surface area contributed by atoms with Crippen LogP contribution in [0, 0.1) is 11.6 Å². The van der Waals surface area contributed by atoms with Gasteiger partial charge in [-0.15, -0.1) is 0 Å². The van der Waals surface area contributed by atoms with Gasteiger partial charge in [-0.3, -0.25) is 14.5 Å². The zero-order chi connectivity index (χ0) is 30.4. The minimum absolute atomic E-state index is 0.116. The van der Waals surface area contributed by atoms with Gasteiger partial charge in [-0.1, -0.05) is 6.07 Å². The second-order valence-corrected chi connectivity index (χ2v) is 12.0. The maximum atomic E-state index is 13.6. The van der Waals surface area contributed by atoms with E-state index in [-0.39, 0.29) is 17.9 Å². The Labute approximate surface area is 249 Å². The summed E-state index contributed by atoms with van der Waals surface area (Å²) < 4.78 is 57.9. The number of hydrogen-bond donors (Lipinski definition) is 2. The third-order valence-corrected chi connectivity index (χ3v) is 7.53. The summed E-state index contributed by atoms with van der Waals surface area (Å²) in [4.78, 5) is 21.7. The largest absolute Gasteiger partial charge is 0.439 e. The van der Waals surface area contributed by atoms with E-state index in [1.165, 1.54) is 36.4 Å². The van der Waals surface area contributed by atoms with Gasteiger partial charge in [0.2, 0.25) is 15.9 Å². The number of urea groups is 1. The molecule has 4 aromatic rings. The highest BCUT2D eigenvalue weighted by atomic mass is 32.2. The number of amides is 2. The fourth-order valence-electron chi connectivity index (χ4n) is 4.90. The van der Waals surface area contributed by atoms with E-state index >= 15 is 0 Å². The van der Waals surface area contributed by atoms with Gasteiger partial charge in [-0.25, -0.2) is 27.0 Å². The number of rotatable bonds is 9. The molecule has 5 rings (SSSR count). The first-order valence-electron chi connectivity index (χ1n) is 13.7. The van der Waals surface area contributed by atoms with Crippen molar-refractivity contribution in [2.45, 2.75) is 25.4 Å². The quantitative estimate of drug-likeness (QED) is 0.234. The third kappa shape index (κ3) is 8.49. The van der Waals surface area contributed by atoms with E-state index in [1.807, 2.05) is 6.07 Å². The first-order chi connectivity index (χ1) is 20.6. The molecule has 2 heterocycles. The van der Waals surface area contributed by atoms with Crippen LogP contribution in [-0.2, 0) is 16.6 Å². The molecule has 224 valence electrons. The van der Waals surface area contributed by atoms with Crippen molar-refractivity contribution in [2.75, 3.05) is 34.3 Å². The van der Waals surface area contributed by atoms with Gasteiger partial charge in [-0.2, -0.15) is 0 Å². The summed E-state index contributed by atoms with van der Waals surface area (Å²) in [6, 6.07) is 21.2. The van der Waals surface area contributed by atoms with Crippen molar-refractivity contribution in [2.24, 2.45) is 0 Å². The molecule has 0 saturated carbocycles. The van der Waals surface area contributed by atoms with E-state index in [0.717, 1.165) is 24.9 Å². The first-order valence-corrected chi connectivity index (χ1v) is 15.5. The number of piperidine rings is 1. The SMILES string of the molecule is CS(=O)(=O)Nc1ccc(Oc2ccc(CN3CCC(N(C(=O)Nc4ccc(F)cc4)c4ccc(F)cc4)CC3)cn2)cc1. The molecule has 1 aromatic heterocycles. The highest BCUT2D eigenvalue weighted by molar-refractivity contribution is 7.92. The lowest BCUT2D eigenvalue weighted by Crippen LogP contribution is -2.49. The number of sulfonamides is 1. The predicted octanol–water partition coefficient (Wildman–Crippen LogP) is 6.23. The maximum absolute atomic E-state index is 13.6. The number of nitrogens with one attached hydrogen (secondary N) is 2. The lowest BCUT2D eigenvalue weighted by molar-refractivity contribution is 0.199. The molecule has 0 spiro atoms. The number of pyridine rings is 1. The number of carbonyl (C=O) groups is 1. The minimum atomic E-state index is -3.35. The van der Waals surface area contributed by atoms with E-state index in [1.54, 1.807) is 53.6 Å². The number of anilines is 3. The summed E-state index contributed by atoms with van der Waals surface area (Å²) in [5.74, 6) is 0.153. The molecule has 1 saturated heterocycles. The Hall–Kier alpha value is -4.55. The Bertz CT molecular complexity index is 1630. The van der Waals surface area contributed by atoms with Gasteiger partial charge < -0.3 is 10.1 Å². The van der Waals surface area contributed by atoms with Gasteiger partial charge in [-0.05, 0) is 91.2 Å². The lowest BCUT2D eigenvalue weighted by Gasteiger charge is -2.38. The second kappa shape index (κ2) is 13.2. The van der Waals surface area contributed by atoms with Crippen molar-refractivity contribution in [3.8, 4) is 11.6 Å². The van der Waals surface area contributed by atoms with Crippen LogP contribution in [-0.4, -0.2) is 49.7 Å². The van der Waals surface area contributed by atoms with Gasteiger partial charge in [0.25, 0.3) is 0 Å². The van der Waals surface area contributed by atoms with E-state index in [0.29, 0.717) is 48.1 Å². The van der Waals surface area contributed by atoms with Crippen molar-refractivity contribution >= 4 is 33.1 Å². The molecule has 0 atom stereocenters. The molecule has 2 N–H and O–H groups in total. The van der Waals surface area contributed by atoms with E-state index in [2.05, 4.69) is 19.9 Å². The number of benzene rings is 3. The van der Waals surface area contributed by atoms with Crippen LogP contribution in [0.3, 0.4) is 0 Å². The standard InChI is InChI=1S/C31H31F2N5O4S/c1-43(40,41)36-26-9-13-29(14-10-26)42-30-15-2-22(20-34-30)21-37-18-16-28(17-19-37)38(27-11-5-24(33)6-12-27)31(39)35-25-7-3-23(32)4-8-25/h2-15,20,28,36H,16-19,21H2,1H3,(H,35,39). The van der Waals surface area contributed by atoms with Crippen molar-refractivity contribution < 1.29 is 26.7 Å². The van der Waals surface area contributed by atoms with Crippen molar-refractivity contribution in [3.63, 3.8) is 0 Å². The maximum Gasteiger partial charge on any atom is 0.326 e. The third-order valence-electron chi connectivity index (χ3n) is 6.93. The smallest absolute Gasteiger partial charge is 0.326 e. The predicted molar refractivity (Wildman–Crippen MR) is 162 cm³/mol. The molecule has 9 nitrogen and oxygen atoms in total. The Morgan fingerprint density at radius 1 is 0.907 bits per heavy atom. The molecule has 0 aliphatic carbocycles. The number of ether oxygens (including phenoxy) is 1. The molecule has 0 bridgehead atoms. The zero-order valence-corrected chi connectivity index (χ0v) is 24.2. The van der Waals surface area contributed by atoms with Crippen molar-refractivity contribution in [1.29, 1.82) is 0 Å². The average Bonchev–Trinajstić information content (AvgIpc) is 2.98. The summed E-state index contributed by atoms with van der Waals surface area (Å²) in [6.07, 6.45) is 4.24. The summed E-state index contributed by atoms with van der Waals surface area (Å²) in [5.41, 5.74) is 2.50. The van der Waals surface area contributed by atoms with Crippen LogP contribution >= 0.6 is 0 Å². The molecule has 2 amide bonds. The molecular weight excluding hydrogens is 576 g/mol. The van der Waals surface area contributed by atoms with Gasteiger partial charge in [0.1, 0.15) is 17.4 Å². The van der Waals surface area contributed by atoms with Gasteiger partial charge in [0, 0.05) is 55.0 Å². The highest BCUT2D eigenvalue weighted by Crippen LogP contribution is 2.27. The summed E-state index contributed by atoms with van der Waals surface area (Å²) >= 11 is 0. The second-order valence-electron chi connectivity index (χ2n) is 10.3. The Balaban J connectivity index is 1.17. The zero-order valence-electron chi connectivity index (χ0n) is 23.4. The molecule has 1 aliphatic heterocycles. The van der Waals surface area contributed by atoms with Crippen LogP contribution in [0.5, 0.6) is 11.6 Å². The molecule has 0 unspecified atom stereocenters. The number of hydrogen-bond acceptors (Lipinski definition) is 6. The van der Waals surface area contributed by atoms with Gasteiger partial charge in [0.15, 0.2) is 0 Å². The van der Waals surface area contributed by atoms with Crippen LogP contribution in [0.1, 0.15) is 18.4 Å². The van der Waals surface area contributed by atoms with Crippen LogP contribution in [0.4, 0.5) is 30.6 Å². The lowest BCUT2D eigenvalue weighted by atomic mass is 10.0. The van der Waals surface area contributed by atoms with Gasteiger partial charge >= 0.3 is 6.03 Å². The molecule has 43 heavy (non-hydrogen) atoms. The fourth-order valence-corrected chi connectivity index (χ4v) is 5.46. The number of aromatic nitrogens is 1. The van der Waals surface area contributed by atoms with Crippen LogP contribution in [0.2, 0.25) is 0 Å². The molecule has 3 aromatic carbocycles. The normalized spacial score (nSPS) is 14.2. The summed E-state index contributed by atoms with van der Waals surface area (Å²) in [5, 5.41) is 2.83. The van der Waals surface area contributed by atoms with Crippen molar-refractivity contribution in [3.05, 3.63) is 108 Å². The molecule has 12 heteroatoms. The van der Waals surface area contributed by atoms with Crippen LogP contribution < -0.4 is 19.7 Å². The summed E-state index contributed by atoms with van der Waals surface area (Å²) in [6.45, 7) is 2.14. The molecule has 1 aliphatic rings. The number of nitrogens with zero attached hydrogens (tertiary/aromatic N) is 3. The number of likely N-dealkylation sites (tertiary alicyclic amines) is 1. The van der Waals surface area contributed by atoms with E-state index < -0.39 is 15.8 Å². The Morgan fingerprint density at radius 2 is 1.51 bits per heavy atom. The van der Waals surface area contributed by atoms with Crippen molar-refractivity contribution in [1.82, 2.24) is 9.88 Å². The molecule has 0 radical (unpaired) electrons. The number of halogens is 2. The Kier molecular flexibility index (Phi) is 9.17. The Morgan fingerprint density at radius 3 is 2.09 bits per heavy atom. The highest BCUT2D eigenvalue weighted by Gasteiger charge is 2.29. The molecular formula is C31H31F2N5O4S.